The van der Waals surface area contributed by atoms with E-state index in [1.165, 1.54) is 18.2 Å². The molecule has 0 radical (unpaired) electrons. The summed E-state index contributed by atoms with van der Waals surface area (Å²) in [5.74, 6) is -4.24. The molecule has 0 N–H and O–H groups in total. The topological polar surface area (TPSA) is 68.6 Å². The van der Waals surface area contributed by atoms with Gasteiger partial charge in [-0.05, 0) is 36.2 Å². The summed E-state index contributed by atoms with van der Waals surface area (Å²) in [5.41, 5.74) is -0.118. The van der Waals surface area contributed by atoms with Crippen molar-refractivity contribution < 1.29 is 32.2 Å². The lowest BCUT2D eigenvalue weighted by molar-refractivity contribution is 0.0610. The number of carbonyl (C=O) groups excluding carboxylic acids is 1. The molecule has 1 unspecified atom stereocenters. The quantitative estimate of drug-likeness (QED) is 0.200. The van der Waals surface area contributed by atoms with Crippen molar-refractivity contribution in [3.05, 3.63) is 47.8 Å². The first-order valence-electron chi connectivity index (χ1n) is 11.0. The number of unbranched alkanes of at least 4 members (excludes halogenated alkanes) is 4. The fraction of sp³-hybridized carbons (Fsp3) is 0.440. The third kappa shape index (κ3) is 7.41. The first-order chi connectivity index (χ1) is 15.8. The molecule has 0 aliphatic carbocycles. The molecule has 2 aromatic carbocycles. The molecular weight excluding hydrogens is 435 g/mol. The van der Waals surface area contributed by atoms with Crippen LogP contribution in [0.1, 0.15) is 52.9 Å². The van der Waals surface area contributed by atoms with Crippen LogP contribution in [0.3, 0.4) is 0 Å². The zero-order valence-electron chi connectivity index (χ0n) is 19.0. The third-order valence-electron chi connectivity index (χ3n) is 4.94. The van der Waals surface area contributed by atoms with Gasteiger partial charge in [0, 0.05) is 11.5 Å². The molecule has 8 heteroatoms. The highest BCUT2D eigenvalue weighted by Crippen LogP contribution is 2.32. The van der Waals surface area contributed by atoms with Gasteiger partial charge in [-0.25, -0.2) is 13.6 Å². The molecule has 0 fully saturated rings. The normalized spacial score (nSPS) is 11.7. The lowest BCUT2D eigenvalue weighted by Crippen LogP contribution is -2.24. The fourth-order valence-corrected chi connectivity index (χ4v) is 3.03. The van der Waals surface area contributed by atoms with Crippen molar-refractivity contribution in [1.82, 2.24) is 0 Å². The Morgan fingerprint density at radius 3 is 2.33 bits per heavy atom. The van der Waals surface area contributed by atoms with Crippen LogP contribution in [0.2, 0.25) is 0 Å². The van der Waals surface area contributed by atoms with Gasteiger partial charge in [-0.3, -0.25) is 0 Å². The van der Waals surface area contributed by atoms with Gasteiger partial charge in [-0.2, -0.15) is 9.65 Å². The molecule has 0 aliphatic rings. The van der Waals surface area contributed by atoms with Crippen LogP contribution in [-0.2, 0) is 4.74 Å². The van der Waals surface area contributed by atoms with E-state index in [4.69, 9.17) is 19.5 Å². The van der Waals surface area contributed by atoms with Gasteiger partial charge >= 0.3 is 6.16 Å². The van der Waals surface area contributed by atoms with Crippen molar-refractivity contribution in [2.75, 3.05) is 6.61 Å². The summed E-state index contributed by atoms with van der Waals surface area (Å²) >= 11 is 0. The number of rotatable bonds is 11. The van der Waals surface area contributed by atoms with Crippen molar-refractivity contribution >= 4 is 6.16 Å². The molecule has 178 valence electrons. The first-order valence-corrected chi connectivity index (χ1v) is 11.0. The van der Waals surface area contributed by atoms with E-state index in [9.17, 15) is 18.0 Å². The Morgan fingerprint density at radius 1 is 1.00 bits per heavy atom. The minimum Gasteiger partial charge on any atom is -0.490 e. The number of carbonyl (C=O) groups is 1. The molecule has 2 aromatic rings. The number of benzene rings is 2. The van der Waals surface area contributed by atoms with E-state index in [0.717, 1.165) is 44.2 Å². The summed E-state index contributed by atoms with van der Waals surface area (Å²) in [6.45, 7) is 5.73. The van der Waals surface area contributed by atoms with E-state index < -0.39 is 35.5 Å². The van der Waals surface area contributed by atoms with Gasteiger partial charge in [-0.1, -0.05) is 52.5 Å². The molecule has 0 aliphatic heterocycles. The van der Waals surface area contributed by atoms with Crippen LogP contribution in [0.15, 0.2) is 30.3 Å². The van der Waals surface area contributed by atoms with Crippen molar-refractivity contribution in [1.29, 1.82) is 5.26 Å². The summed E-state index contributed by atoms with van der Waals surface area (Å²) in [4.78, 5) is 11.8. The largest absolute Gasteiger partial charge is 0.515 e. The predicted molar refractivity (Wildman–Crippen MR) is 117 cm³/mol. The lowest BCUT2D eigenvalue weighted by atomic mass is 10.0. The predicted octanol–water partition coefficient (Wildman–Crippen LogP) is 7.18. The molecule has 0 heterocycles. The number of nitriles is 1. The Labute approximate surface area is 192 Å². The average molecular weight is 463 g/mol. The minimum atomic E-state index is -1.24. The van der Waals surface area contributed by atoms with Crippen LogP contribution in [0, 0.1) is 34.7 Å². The number of ether oxygens (including phenoxy) is 3. The van der Waals surface area contributed by atoms with E-state index >= 15 is 0 Å². The number of hydrogen-bond acceptors (Lipinski definition) is 5. The van der Waals surface area contributed by atoms with Crippen molar-refractivity contribution in [3.8, 4) is 28.7 Å². The summed E-state index contributed by atoms with van der Waals surface area (Å²) in [6.07, 6.45) is 2.70. The summed E-state index contributed by atoms with van der Waals surface area (Å²) < 4.78 is 58.5. The lowest BCUT2D eigenvalue weighted by Gasteiger charge is -2.14. The van der Waals surface area contributed by atoms with E-state index in [2.05, 4.69) is 6.92 Å². The third-order valence-corrected chi connectivity index (χ3v) is 4.94. The van der Waals surface area contributed by atoms with Gasteiger partial charge in [0.15, 0.2) is 29.2 Å². The van der Waals surface area contributed by atoms with Crippen molar-refractivity contribution in [2.24, 2.45) is 5.92 Å². The van der Waals surface area contributed by atoms with Gasteiger partial charge in [-0.15, -0.1) is 0 Å². The fourth-order valence-electron chi connectivity index (χ4n) is 3.03. The summed E-state index contributed by atoms with van der Waals surface area (Å²) in [6, 6.07) is 7.69. The second kappa shape index (κ2) is 12.7. The highest BCUT2D eigenvalue weighted by atomic mass is 19.2. The van der Waals surface area contributed by atoms with Crippen LogP contribution < -0.4 is 9.47 Å². The first kappa shape index (κ1) is 26.0. The van der Waals surface area contributed by atoms with Crippen molar-refractivity contribution in [2.45, 2.75) is 59.0 Å². The van der Waals surface area contributed by atoms with Gasteiger partial charge < -0.3 is 14.2 Å². The van der Waals surface area contributed by atoms with Crippen LogP contribution in [0.4, 0.5) is 18.0 Å². The monoisotopic (exact) mass is 463 g/mol. The maximum atomic E-state index is 14.6. The van der Waals surface area contributed by atoms with E-state index in [-0.39, 0.29) is 29.4 Å². The second-order valence-corrected chi connectivity index (χ2v) is 7.91. The number of halogens is 3. The molecule has 1 atom stereocenters. The second-order valence-electron chi connectivity index (χ2n) is 7.91. The Balaban J connectivity index is 2.07. The molecule has 0 saturated carbocycles. The SMILES string of the molecule is CCCCCCCOc1ccc(-c2ccc(OC(=O)OC(C#N)C(C)C)c(F)c2)c(F)c1F. The van der Waals surface area contributed by atoms with E-state index in [0.29, 0.717) is 0 Å². The number of nitrogens with zero attached hydrogens (tertiary/aromatic N) is 1. The van der Waals surface area contributed by atoms with Crippen LogP contribution in [0.25, 0.3) is 11.1 Å². The maximum absolute atomic E-state index is 14.6. The van der Waals surface area contributed by atoms with Gasteiger partial charge in [0.1, 0.15) is 6.07 Å². The standard InChI is InChI=1S/C25H28F3NO4/c1-4-5-6-7-8-13-31-21-12-10-18(23(27)24(21)28)17-9-11-20(19(26)14-17)32-25(30)33-22(15-29)16(2)3/h9-12,14,16,22H,4-8,13H2,1-3H3. The Hall–Kier alpha value is -3.21. The highest BCUT2D eigenvalue weighted by molar-refractivity contribution is 5.68. The highest BCUT2D eigenvalue weighted by Gasteiger charge is 2.21. The van der Waals surface area contributed by atoms with E-state index in [1.807, 2.05) is 0 Å². The molecule has 0 spiro atoms. The smallest absolute Gasteiger partial charge is 0.490 e. The Morgan fingerprint density at radius 2 is 1.70 bits per heavy atom. The van der Waals surface area contributed by atoms with Crippen molar-refractivity contribution in [3.63, 3.8) is 0 Å². The summed E-state index contributed by atoms with van der Waals surface area (Å²) in [7, 11) is 0. The molecule has 0 amide bonds. The average Bonchev–Trinajstić information content (AvgIpc) is 2.78. The molecular formula is C25H28F3NO4. The molecule has 0 saturated heterocycles. The minimum absolute atomic E-state index is 0.0489. The molecule has 0 bridgehead atoms. The van der Waals surface area contributed by atoms with E-state index in [1.54, 1.807) is 19.9 Å². The molecule has 2 rings (SSSR count). The summed E-state index contributed by atoms with van der Waals surface area (Å²) in [5, 5.41) is 8.96. The van der Waals surface area contributed by atoms with Crippen LogP contribution >= 0.6 is 0 Å². The zero-order chi connectivity index (χ0) is 24.4. The molecule has 33 heavy (non-hydrogen) atoms. The van der Waals surface area contributed by atoms with Gasteiger partial charge in [0.25, 0.3) is 0 Å². The Kier molecular flexibility index (Phi) is 10.0. The zero-order valence-corrected chi connectivity index (χ0v) is 19.0. The van der Waals surface area contributed by atoms with Gasteiger partial charge in [0.05, 0.1) is 6.61 Å². The van der Waals surface area contributed by atoms with Crippen LogP contribution in [-0.4, -0.2) is 18.9 Å². The van der Waals surface area contributed by atoms with Crippen LogP contribution in [0.5, 0.6) is 11.5 Å². The number of hydrogen-bond donors (Lipinski definition) is 0. The Bertz CT molecular complexity index is 988. The maximum Gasteiger partial charge on any atom is 0.515 e. The molecule has 5 nitrogen and oxygen atoms in total. The van der Waals surface area contributed by atoms with Gasteiger partial charge in [0.2, 0.25) is 5.82 Å². The molecule has 0 aromatic heterocycles.